The highest BCUT2D eigenvalue weighted by molar-refractivity contribution is 5.91. The first-order valence-corrected chi connectivity index (χ1v) is 10.3. The van der Waals surface area contributed by atoms with Crippen molar-refractivity contribution in [3.8, 4) is 5.75 Å². The zero-order valence-electron chi connectivity index (χ0n) is 17.6. The Morgan fingerprint density at radius 1 is 1.14 bits per heavy atom. The minimum atomic E-state index is -0.283. The van der Waals surface area contributed by atoms with Gasteiger partial charge in [0.05, 0.1) is 6.10 Å². The Labute approximate surface area is 173 Å². The molecule has 1 aliphatic heterocycles. The van der Waals surface area contributed by atoms with Crippen molar-refractivity contribution in [1.82, 2.24) is 4.90 Å². The number of para-hydroxylation sites is 1. The second kappa shape index (κ2) is 9.42. The lowest BCUT2D eigenvalue weighted by Gasteiger charge is -2.42. The van der Waals surface area contributed by atoms with Gasteiger partial charge in [0, 0.05) is 18.8 Å². The van der Waals surface area contributed by atoms with Gasteiger partial charge in [-0.2, -0.15) is 0 Å². The molecule has 0 bridgehead atoms. The Kier molecular flexibility index (Phi) is 6.93. The van der Waals surface area contributed by atoms with E-state index in [9.17, 15) is 9.90 Å². The van der Waals surface area contributed by atoms with Gasteiger partial charge in [-0.3, -0.25) is 9.69 Å². The number of likely N-dealkylation sites (tertiary alicyclic amines) is 1. The molecule has 1 amide bonds. The molecule has 156 valence electrons. The fourth-order valence-corrected chi connectivity index (χ4v) is 3.97. The zero-order chi connectivity index (χ0) is 20.9. The summed E-state index contributed by atoms with van der Waals surface area (Å²) in [5.41, 5.74) is 2.07. The first-order valence-electron chi connectivity index (χ1n) is 10.3. The van der Waals surface area contributed by atoms with Crippen LogP contribution < -0.4 is 10.1 Å². The lowest BCUT2D eigenvalue weighted by molar-refractivity contribution is -0.118. The van der Waals surface area contributed by atoms with Crippen molar-refractivity contribution < 1.29 is 14.6 Å². The number of nitrogens with zero attached hydrogens (tertiary/aromatic N) is 1. The molecule has 5 nitrogen and oxygen atoms in total. The minimum absolute atomic E-state index is 0.0270. The maximum Gasteiger partial charge on any atom is 0.262 e. The summed E-state index contributed by atoms with van der Waals surface area (Å²) < 4.78 is 5.59. The first-order chi connectivity index (χ1) is 13.8. The number of aliphatic hydroxyl groups is 1. The number of amides is 1. The molecule has 0 aliphatic carbocycles. The Balaban J connectivity index is 1.45. The summed E-state index contributed by atoms with van der Waals surface area (Å²) >= 11 is 0. The van der Waals surface area contributed by atoms with Crippen LogP contribution in [0.25, 0.3) is 0 Å². The number of aliphatic hydroxyl groups excluding tert-OH is 1. The SMILES string of the molecule is CC(C)(C)[C@@H]1CCN(Cc2ccc(OCC(=O)Nc3ccccc3)cc2)C[C@@H]1O. The number of carbonyl (C=O) groups is 1. The average Bonchev–Trinajstić information content (AvgIpc) is 2.67. The van der Waals surface area contributed by atoms with E-state index >= 15 is 0 Å². The summed E-state index contributed by atoms with van der Waals surface area (Å²) in [6.45, 7) is 9.10. The zero-order valence-corrected chi connectivity index (χ0v) is 17.6. The van der Waals surface area contributed by atoms with Crippen LogP contribution in [-0.2, 0) is 11.3 Å². The molecule has 3 rings (SSSR count). The molecule has 1 heterocycles. The van der Waals surface area contributed by atoms with Gasteiger partial charge in [0.15, 0.2) is 6.61 Å². The van der Waals surface area contributed by atoms with Gasteiger partial charge in [0.1, 0.15) is 5.75 Å². The highest BCUT2D eigenvalue weighted by Gasteiger charge is 2.35. The van der Waals surface area contributed by atoms with Gasteiger partial charge in [-0.05, 0) is 54.1 Å². The molecule has 29 heavy (non-hydrogen) atoms. The smallest absolute Gasteiger partial charge is 0.262 e. The van der Waals surface area contributed by atoms with Crippen molar-refractivity contribution in [3.05, 3.63) is 60.2 Å². The summed E-state index contributed by atoms with van der Waals surface area (Å²) in [7, 11) is 0. The van der Waals surface area contributed by atoms with Crippen LogP contribution in [0.15, 0.2) is 54.6 Å². The fraction of sp³-hybridized carbons (Fsp3) is 0.458. The summed E-state index contributed by atoms with van der Waals surface area (Å²) in [6.07, 6.45) is 0.733. The van der Waals surface area contributed by atoms with Gasteiger partial charge in [-0.1, -0.05) is 51.1 Å². The molecule has 0 radical (unpaired) electrons. The molecule has 2 aromatic carbocycles. The number of benzene rings is 2. The van der Waals surface area contributed by atoms with E-state index in [4.69, 9.17) is 4.74 Å². The number of ether oxygens (including phenoxy) is 1. The number of β-amino-alcohol motifs (C(OH)–C–C–N with tert-alkyl or cyclic N) is 1. The lowest BCUT2D eigenvalue weighted by atomic mass is 9.73. The summed E-state index contributed by atoms with van der Waals surface area (Å²) in [6, 6.07) is 17.2. The van der Waals surface area contributed by atoms with Crippen LogP contribution in [-0.4, -0.2) is 41.7 Å². The third kappa shape index (κ3) is 6.31. The third-order valence-corrected chi connectivity index (χ3v) is 5.54. The highest BCUT2D eigenvalue weighted by Crippen LogP contribution is 2.34. The standard InChI is InChI=1S/C24H32N2O3/c1-24(2,3)21-13-14-26(16-22(21)27)15-18-9-11-20(12-10-18)29-17-23(28)25-19-7-5-4-6-8-19/h4-12,21-22,27H,13-17H2,1-3H3,(H,25,28)/t21-,22+/m1/s1. The maximum atomic E-state index is 12.0. The fourth-order valence-electron chi connectivity index (χ4n) is 3.97. The topological polar surface area (TPSA) is 61.8 Å². The molecule has 0 aromatic heterocycles. The quantitative estimate of drug-likeness (QED) is 0.777. The number of hydrogen-bond donors (Lipinski definition) is 2. The van der Waals surface area contributed by atoms with E-state index in [1.165, 1.54) is 5.56 Å². The highest BCUT2D eigenvalue weighted by atomic mass is 16.5. The van der Waals surface area contributed by atoms with Crippen LogP contribution in [0.4, 0.5) is 5.69 Å². The molecule has 0 saturated carbocycles. The number of hydrogen-bond acceptors (Lipinski definition) is 4. The van der Waals surface area contributed by atoms with Crippen LogP contribution in [0, 0.1) is 11.3 Å². The summed E-state index contributed by atoms with van der Waals surface area (Å²) in [5, 5.41) is 13.3. The van der Waals surface area contributed by atoms with Gasteiger partial charge in [0.2, 0.25) is 0 Å². The van der Waals surface area contributed by atoms with Gasteiger partial charge in [0.25, 0.3) is 5.91 Å². The maximum absolute atomic E-state index is 12.0. The molecular weight excluding hydrogens is 364 g/mol. The van der Waals surface area contributed by atoms with Gasteiger partial charge in [-0.15, -0.1) is 0 Å². The summed E-state index contributed by atoms with van der Waals surface area (Å²) in [4.78, 5) is 14.3. The van der Waals surface area contributed by atoms with Gasteiger partial charge < -0.3 is 15.2 Å². The molecule has 1 fully saturated rings. The Bertz CT molecular complexity index is 784. The number of nitrogens with one attached hydrogen (secondary N) is 1. The van der Waals surface area contributed by atoms with E-state index in [1.807, 2.05) is 54.6 Å². The van der Waals surface area contributed by atoms with E-state index in [2.05, 4.69) is 31.0 Å². The monoisotopic (exact) mass is 396 g/mol. The van der Waals surface area contributed by atoms with Crippen LogP contribution in [0.1, 0.15) is 32.8 Å². The molecule has 0 unspecified atom stereocenters. The predicted octanol–water partition coefficient (Wildman–Crippen LogP) is 3.93. The van der Waals surface area contributed by atoms with Crippen LogP contribution >= 0.6 is 0 Å². The van der Waals surface area contributed by atoms with E-state index in [0.29, 0.717) is 18.2 Å². The average molecular weight is 397 g/mol. The molecule has 2 aromatic rings. The van der Waals surface area contributed by atoms with E-state index in [-0.39, 0.29) is 24.0 Å². The molecular formula is C24H32N2O3. The van der Waals surface area contributed by atoms with Crippen molar-refractivity contribution in [2.24, 2.45) is 11.3 Å². The lowest BCUT2D eigenvalue weighted by Crippen LogP contribution is -2.47. The minimum Gasteiger partial charge on any atom is -0.484 e. The Morgan fingerprint density at radius 3 is 2.45 bits per heavy atom. The predicted molar refractivity (Wildman–Crippen MR) is 116 cm³/mol. The van der Waals surface area contributed by atoms with Crippen molar-refractivity contribution >= 4 is 11.6 Å². The van der Waals surface area contributed by atoms with Crippen LogP contribution in [0.5, 0.6) is 5.75 Å². The number of piperidine rings is 1. The van der Waals surface area contributed by atoms with Crippen molar-refractivity contribution in [2.45, 2.75) is 39.8 Å². The molecule has 2 N–H and O–H groups in total. The third-order valence-electron chi connectivity index (χ3n) is 5.54. The molecule has 5 heteroatoms. The first kappa shape index (κ1) is 21.3. The number of rotatable bonds is 6. The number of carbonyl (C=O) groups excluding carboxylic acids is 1. The largest absolute Gasteiger partial charge is 0.484 e. The number of anilines is 1. The second-order valence-corrected chi connectivity index (χ2v) is 8.91. The Hall–Kier alpha value is -2.37. The van der Waals surface area contributed by atoms with Crippen LogP contribution in [0.3, 0.4) is 0 Å². The van der Waals surface area contributed by atoms with Crippen molar-refractivity contribution in [1.29, 1.82) is 0 Å². The Morgan fingerprint density at radius 2 is 1.83 bits per heavy atom. The van der Waals surface area contributed by atoms with E-state index < -0.39 is 0 Å². The van der Waals surface area contributed by atoms with E-state index in [0.717, 1.165) is 25.2 Å². The van der Waals surface area contributed by atoms with E-state index in [1.54, 1.807) is 0 Å². The van der Waals surface area contributed by atoms with Crippen molar-refractivity contribution in [3.63, 3.8) is 0 Å². The molecule has 1 saturated heterocycles. The van der Waals surface area contributed by atoms with Gasteiger partial charge >= 0.3 is 0 Å². The normalized spacial score (nSPS) is 20.3. The molecule has 0 spiro atoms. The summed E-state index contributed by atoms with van der Waals surface area (Å²) in [5.74, 6) is 0.830. The van der Waals surface area contributed by atoms with Gasteiger partial charge in [-0.25, -0.2) is 0 Å². The molecule has 1 aliphatic rings. The van der Waals surface area contributed by atoms with Crippen LogP contribution in [0.2, 0.25) is 0 Å². The van der Waals surface area contributed by atoms with Crippen molar-refractivity contribution in [2.75, 3.05) is 25.0 Å². The molecule has 2 atom stereocenters. The second-order valence-electron chi connectivity index (χ2n) is 8.91.